The van der Waals surface area contributed by atoms with Crippen LogP contribution in [0.4, 0.5) is 5.69 Å². The number of anilines is 1. The van der Waals surface area contributed by atoms with Gasteiger partial charge >= 0.3 is 0 Å². The Morgan fingerprint density at radius 3 is 2.32 bits per heavy atom. The van der Waals surface area contributed by atoms with Crippen LogP contribution in [0.3, 0.4) is 0 Å². The van der Waals surface area contributed by atoms with Gasteiger partial charge < -0.3 is 10.6 Å². The summed E-state index contributed by atoms with van der Waals surface area (Å²) in [6, 6.07) is 16.1. The lowest BCUT2D eigenvalue weighted by Crippen LogP contribution is -2.24. The number of amides is 2. The van der Waals surface area contributed by atoms with E-state index >= 15 is 0 Å². The van der Waals surface area contributed by atoms with Crippen molar-refractivity contribution in [2.45, 2.75) is 6.54 Å². The van der Waals surface area contributed by atoms with Crippen molar-refractivity contribution >= 4 is 17.5 Å². The third kappa shape index (κ3) is 4.48. The Morgan fingerprint density at radius 1 is 0.880 bits per heavy atom. The highest BCUT2D eigenvalue weighted by Gasteiger charge is 2.11. The fourth-order valence-corrected chi connectivity index (χ4v) is 2.19. The monoisotopic (exact) mass is 332 g/mol. The fourth-order valence-electron chi connectivity index (χ4n) is 2.19. The predicted molar refractivity (Wildman–Crippen MR) is 94.0 cm³/mol. The number of nitrogens with one attached hydrogen (secondary N) is 2. The van der Waals surface area contributed by atoms with E-state index in [2.05, 4.69) is 20.6 Å². The smallest absolute Gasteiger partial charge is 0.257 e. The lowest BCUT2D eigenvalue weighted by Gasteiger charge is -2.07. The van der Waals surface area contributed by atoms with Gasteiger partial charge in [-0.25, -0.2) is 0 Å². The highest BCUT2D eigenvalue weighted by Crippen LogP contribution is 2.09. The van der Waals surface area contributed by atoms with E-state index < -0.39 is 0 Å². The first-order valence-electron chi connectivity index (χ1n) is 7.72. The largest absolute Gasteiger partial charge is 0.346 e. The molecule has 0 aliphatic rings. The van der Waals surface area contributed by atoms with E-state index in [1.165, 1.54) is 18.5 Å². The van der Waals surface area contributed by atoms with Crippen molar-refractivity contribution < 1.29 is 9.59 Å². The van der Waals surface area contributed by atoms with Crippen molar-refractivity contribution in [1.82, 2.24) is 15.3 Å². The molecule has 3 aromatic rings. The van der Waals surface area contributed by atoms with Crippen LogP contribution in [0.5, 0.6) is 0 Å². The van der Waals surface area contributed by atoms with Crippen molar-refractivity contribution in [3.8, 4) is 0 Å². The number of hydrogen-bond donors (Lipinski definition) is 2. The van der Waals surface area contributed by atoms with Crippen LogP contribution in [0.1, 0.15) is 26.4 Å². The molecule has 0 fully saturated rings. The van der Waals surface area contributed by atoms with Crippen molar-refractivity contribution in [1.29, 1.82) is 0 Å². The van der Waals surface area contributed by atoms with E-state index in [4.69, 9.17) is 0 Å². The number of carbonyl (C=O) groups is 2. The minimum Gasteiger partial charge on any atom is -0.346 e. The van der Waals surface area contributed by atoms with Crippen molar-refractivity contribution in [2.24, 2.45) is 0 Å². The number of para-hydroxylation sites is 1. The average Bonchev–Trinajstić information content (AvgIpc) is 2.68. The summed E-state index contributed by atoms with van der Waals surface area (Å²) in [6.07, 6.45) is 4.51. The number of pyridine rings is 2. The molecule has 0 spiro atoms. The summed E-state index contributed by atoms with van der Waals surface area (Å²) in [5.74, 6) is -0.634. The van der Waals surface area contributed by atoms with Gasteiger partial charge in [0.15, 0.2) is 0 Å². The second-order valence-electron chi connectivity index (χ2n) is 5.29. The molecule has 3 rings (SSSR count). The molecule has 0 radical (unpaired) electrons. The first-order valence-corrected chi connectivity index (χ1v) is 7.72. The van der Waals surface area contributed by atoms with E-state index in [1.54, 1.807) is 18.3 Å². The van der Waals surface area contributed by atoms with E-state index in [9.17, 15) is 9.59 Å². The van der Waals surface area contributed by atoms with E-state index in [0.717, 1.165) is 5.69 Å². The maximum Gasteiger partial charge on any atom is 0.257 e. The second kappa shape index (κ2) is 7.83. The Labute approximate surface area is 145 Å². The van der Waals surface area contributed by atoms with Gasteiger partial charge in [0.2, 0.25) is 0 Å². The maximum atomic E-state index is 12.3. The maximum absolute atomic E-state index is 12.3. The molecular formula is C19H16N4O2. The SMILES string of the molecule is O=C(NCc1ccccn1)c1cncc(C(=O)Nc2ccccc2)c1. The minimum absolute atomic E-state index is 0.306. The summed E-state index contributed by atoms with van der Waals surface area (Å²) in [5.41, 5.74) is 2.06. The molecular weight excluding hydrogens is 316 g/mol. The highest BCUT2D eigenvalue weighted by atomic mass is 16.2. The molecule has 6 nitrogen and oxygen atoms in total. The molecule has 2 heterocycles. The molecule has 0 atom stereocenters. The van der Waals surface area contributed by atoms with E-state index in [-0.39, 0.29) is 11.8 Å². The molecule has 1 aromatic carbocycles. The fraction of sp³-hybridized carbons (Fsp3) is 0.0526. The highest BCUT2D eigenvalue weighted by molar-refractivity contribution is 6.05. The Bertz CT molecular complexity index is 867. The van der Waals surface area contributed by atoms with Gasteiger partial charge in [0, 0.05) is 24.3 Å². The molecule has 0 saturated heterocycles. The summed E-state index contributed by atoms with van der Waals surface area (Å²) in [4.78, 5) is 32.6. The topological polar surface area (TPSA) is 84.0 Å². The van der Waals surface area contributed by atoms with Crippen molar-refractivity contribution in [3.63, 3.8) is 0 Å². The molecule has 124 valence electrons. The Kier molecular flexibility index (Phi) is 5.11. The van der Waals surface area contributed by atoms with Crippen LogP contribution in [0.25, 0.3) is 0 Å². The minimum atomic E-state index is -0.321. The van der Waals surface area contributed by atoms with Crippen LogP contribution in [0, 0.1) is 0 Å². The molecule has 2 amide bonds. The molecule has 0 aliphatic heterocycles. The van der Waals surface area contributed by atoms with Gasteiger partial charge in [-0.15, -0.1) is 0 Å². The zero-order valence-corrected chi connectivity index (χ0v) is 13.3. The number of rotatable bonds is 5. The first kappa shape index (κ1) is 16.3. The standard InChI is InChI=1S/C19H16N4O2/c24-18(22-13-17-8-4-5-9-21-17)14-10-15(12-20-11-14)19(25)23-16-6-2-1-3-7-16/h1-12H,13H2,(H,22,24)(H,23,25). The average molecular weight is 332 g/mol. The van der Waals surface area contributed by atoms with Gasteiger partial charge in [0.25, 0.3) is 11.8 Å². The lowest BCUT2D eigenvalue weighted by molar-refractivity contribution is 0.0950. The summed E-state index contributed by atoms with van der Waals surface area (Å²) >= 11 is 0. The number of aromatic nitrogens is 2. The number of hydrogen-bond acceptors (Lipinski definition) is 4. The summed E-state index contributed by atoms with van der Waals surface area (Å²) in [7, 11) is 0. The molecule has 2 aromatic heterocycles. The molecule has 0 aliphatic carbocycles. The summed E-state index contributed by atoms with van der Waals surface area (Å²) in [6.45, 7) is 0.306. The molecule has 25 heavy (non-hydrogen) atoms. The number of carbonyl (C=O) groups excluding carboxylic acids is 2. The Balaban J connectivity index is 1.66. The van der Waals surface area contributed by atoms with Gasteiger partial charge in [-0.2, -0.15) is 0 Å². The zero-order chi connectivity index (χ0) is 17.5. The van der Waals surface area contributed by atoms with Crippen LogP contribution >= 0.6 is 0 Å². The number of nitrogens with zero attached hydrogens (tertiary/aromatic N) is 2. The molecule has 0 unspecified atom stereocenters. The van der Waals surface area contributed by atoms with Gasteiger partial charge in [0.05, 0.1) is 23.4 Å². The van der Waals surface area contributed by atoms with Gasteiger partial charge in [0.1, 0.15) is 0 Å². The third-order valence-corrected chi connectivity index (χ3v) is 3.45. The third-order valence-electron chi connectivity index (χ3n) is 3.45. The molecule has 2 N–H and O–H groups in total. The van der Waals surface area contributed by atoms with Crippen LogP contribution in [-0.4, -0.2) is 21.8 Å². The summed E-state index contributed by atoms with van der Waals surface area (Å²) in [5, 5.41) is 5.52. The van der Waals surface area contributed by atoms with Crippen LogP contribution in [0.15, 0.2) is 73.2 Å². The predicted octanol–water partition coefficient (Wildman–Crippen LogP) is 2.66. The first-order chi connectivity index (χ1) is 12.2. The van der Waals surface area contributed by atoms with Gasteiger partial charge in [-0.05, 0) is 30.3 Å². The van der Waals surface area contributed by atoms with E-state index in [1.807, 2.05) is 36.4 Å². The molecule has 6 heteroatoms. The van der Waals surface area contributed by atoms with Gasteiger partial charge in [-0.1, -0.05) is 24.3 Å². The normalized spacial score (nSPS) is 10.1. The zero-order valence-electron chi connectivity index (χ0n) is 13.3. The van der Waals surface area contributed by atoms with Crippen LogP contribution in [-0.2, 0) is 6.54 Å². The number of benzene rings is 1. The second-order valence-corrected chi connectivity index (χ2v) is 5.29. The lowest BCUT2D eigenvalue weighted by atomic mass is 10.1. The van der Waals surface area contributed by atoms with E-state index in [0.29, 0.717) is 23.4 Å². The molecule has 0 bridgehead atoms. The van der Waals surface area contributed by atoms with Crippen molar-refractivity contribution in [3.05, 3.63) is 90.0 Å². The quantitative estimate of drug-likeness (QED) is 0.752. The Hall–Kier alpha value is -3.54. The molecule has 0 saturated carbocycles. The summed E-state index contributed by atoms with van der Waals surface area (Å²) < 4.78 is 0. The van der Waals surface area contributed by atoms with Crippen LogP contribution < -0.4 is 10.6 Å². The van der Waals surface area contributed by atoms with Gasteiger partial charge in [-0.3, -0.25) is 19.6 Å². The Morgan fingerprint density at radius 2 is 1.60 bits per heavy atom. The van der Waals surface area contributed by atoms with Crippen LogP contribution in [0.2, 0.25) is 0 Å². The van der Waals surface area contributed by atoms with Crippen molar-refractivity contribution in [2.75, 3.05) is 5.32 Å².